The molecule has 7 nitrogen and oxygen atoms in total. The Labute approximate surface area is 190 Å². The van der Waals surface area contributed by atoms with Gasteiger partial charge in [-0.1, -0.05) is 35.9 Å². The van der Waals surface area contributed by atoms with Crippen LogP contribution in [-0.4, -0.2) is 15.8 Å². The second kappa shape index (κ2) is 7.74. The number of non-ortho nitro benzene ring substituents is 1. The molecule has 9 heteroatoms. The van der Waals surface area contributed by atoms with E-state index in [1.165, 1.54) is 6.07 Å². The summed E-state index contributed by atoms with van der Waals surface area (Å²) in [6.07, 6.45) is 0. The molecule has 3 aromatic carbocycles. The Kier molecular flexibility index (Phi) is 4.88. The topological polar surface area (TPSA) is 98.3 Å². The molecule has 0 aliphatic rings. The lowest BCUT2D eigenvalue weighted by Crippen LogP contribution is -2.10. The number of carbonyl (C=O) groups excluding carboxylic acids is 1. The van der Waals surface area contributed by atoms with Crippen LogP contribution in [0, 0.1) is 17.0 Å². The zero-order chi connectivity index (χ0) is 22.4. The van der Waals surface area contributed by atoms with Gasteiger partial charge < -0.3 is 9.73 Å². The number of nitro benzene ring substituents is 1. The molecule has 0 spiro atoms. The zero-order valence-corrected chi connectivity index (χ0v) is 18.2. The molecule has 2 aromatic heterocycles. The van der Waals surface area contributed by atoms with Crippen LogP contribution in [-0.2, 0) is 0 Å². The highest BCUT2D eigenvalue weighted by molar-refractivity contribution is 7.22. The number of halogens is 1. The highest BCUT2D eigenvalue weighted by atomic mass is 35.5. The minimum Gasteiger partial charge on any atom is -0.436 e. The van der Waals surface area contributed by atoms with E-state index in [1.54, 1.807) is 30.3 Å². The molecule has 1 amide bonds. The fraction of sp³-hybridized carbons (Fsp3) is 0.0435. The van der Waals surface area contributed by atoms with E-state index < -0.39 is 10.8 Å². The first-order valence-corrected chi connectivity index (χ1v) is 10.7. The van der Waals surface area contributed by atoms with E-state index in [2.05, 4.69) is 10.3 Å². The number of fused-ring (bicyclic) bond motifs is 2. The molecule has 1 N–H and O–H groups in total. The Morgan fingerprint density at radius 1 is 1.16 bits per heavy atom. The van der Waals surface area contributed by atoms with E-state index in [0.29, 0.717) is 32.8 Å². The largest absolute Gasteiger partial charge is 0.436 e. The quantitative estimate of drug-likeness (QED) is 0.232. The van der Waals surface area contributed by atoms with Crippen molar-refractivity contribution in [2.24, 2.45) is 0 Å². The fourth-order valence-electron chi connectivity index (χ4n) is 3.44. The van der Waals surface area contributed by atoms with Gasteiger partial charge in [-0.2, -0.15) is 0 Å². The van der Waals surface area contributed by atoms with Crippen LogP contribution in [0.2, 0.25) is 5.02 Å². The highest BCUT2D eigenvalue weighted by Gasteiger charge is 2.23. The van der Waals surface area contributed by atoms with Crippen molar-refractivity contribution < 1.29 is 14.1 Å². The van der Waals surface area contributed by atoms with Crippen LogP contribution in [0.3, 0.4) is 0 Å². The Morgan fingerprint density at radius 3 is 2.78 bits per heavy atom. The maximum Gasteiger partial charge on any atom is 0.287 e. The number of aromatic nitrogens is 1. The maximum absolute atomic E-state index is 12.9. The highest BCUT2D eigenvalue weighted by Crippen LogP contribution is 2.40. The number of carbonyl (C=O) groups is 1. The van der Waals surface area contributed by atoms with Gasteiger partial charge in [-0.3, -0.25) is 14.9 Å². The minimum atomic E-state index is -0.484. The van der Waals surface area contributed by atoms with Gasteiger partial charge in [0.05, 0.1) is 9.95 Å². The molecule has 0 atom stereocenters. The lowest BCUT2D eigenvalue weighted by Gasteiger charge is -2.05. The van der Waals surface area contributed by atoms with Gasteiger partial charge in [-0.05, 0) is 42.8 Å². The molecule has 0 saturated carbocycles. The van der Waals surface area contributed by atoms with Gasteiger partial charge in [-0.15, -0.1) is 11.3 Å². The molecule has 0 aliphatic heterocycles. The summed E-state index contributed by atoms with van der Waals surface area (Å²) in [6.45, 7) is 1.98. The Bertz CT molecular complexity index is 1540. The van der Waals surface area contributed by atoms with E-state index in [1.807, 2.05) is 31.2 Å². The number of benzene rings is 3. The van der Waals surface area contributed by atoms with E-state index in [9.17, 15) is 14.9 Å². The second-order valence-electron chi connectivity index (χ2n) is 7.18. The molecule has 0 radical (unpaired) electrons. The minimum absolute atomic E-state index is 0.0818. The van der Waals surface area contributed by atoms with Crippen molar-refractivity contribution in [3.63, 3.8) is 0 Å². The van der Waals surface area contributed by atoms with E-state index in [-0.39, 0.29) is 15.6 Å². The first kappa shape index (κ1) is 20.2. The average Bonchev–Trinajstić information content (AvgIpc) is 3.34. The Balaban J connectivity index is 1.47. The monoisotopic (exact) mass is 463 g/mol. The van der Waals surface area contributed by atoms with Gasteiger partial charge in [0.25, 0.3) is 11.6 Å². The average molecular weight is 464 g/mol. The molecule has 0 aliphatic carbocycles. The molecule has 0 fully saturated rings. The molecule has 158 valence electrons. The summed E-state index contributed by atoms with van der Waals surface area (Å²) in [4.78, 5) is 28.5. The van der Waals surface area contributed by atoms with Crippen LogP contribution in [0.1, 0.15) is 15.2 Å². The summed E-state index contributed by atoms with van der Waals surface area (Å²) in [5.74, 6) is -0.00643. The smallest absolute Gasteiger partial charge is 0.287 e. The van der Waals surface area contributed by atoms with Crippen LogP contribution >= 0.6 is 22.9 Å². The van der Waals surface area contributed by atoms with E-state index >= 15 is 0 Å². The number of amides is 1. The molecule has 0 saturated heterocycles. The number of aryl methyl sites for hydroxylation is 1. The number of oxazole rings is 1. The van der Waals surface area contributed by atoms with E-state index in [0.717, 1.165) is 22.4 Å². The van der Waals surface area contributed by atoms with Crippen LogP contribution in [0.5, 0.6) is 0 Å². The number of thiophene rings is 1. The summed E-state index contributed by atoms with van der Waals surface area (Å²) in [6, 6.07) is 17.5. The first-order valence-electron chi connectivity index (χ1n) is 9.55. The molecule has 0 bridgehead atoms. The van der Waals surface area contributed by atoms with Crippen LogP contribution in [0.25, 0.3) is 32.6 Å². The van der Waals surface area contributed by atoms with Gasteiger partial charge in [0.2, 0.25) is 5.89 Å². The van der Waals surface area contributed by atoms with Gasteiger partial charge in [0.15, 0.2) is 5.58 Å². The Hall–Kier alpha value is -3.75. The number of rotatable bonds is 4. The van der Waals surface area contributed by atoms with Crippen molar-refractivity contribution in [3.05, 3.63) is 86.2 Å². The SMILES string of the molecule is Cc1ccc2oc(-c3cccc(NC(=O)c4sc5c([N+](=O)[O-])cccc5c4Cl)c3)nc2c1. The van der Waals surface area contributed by atoms with Crippen molar-refractivity contribution in [3.8, 4) is 11.5 Å². The molecular weight excluding hydrogens is 450 g/mol. The summed E-state index contributed by atoms with van der Waals surface area (Å²) >= 11 is 7.38. The predicted octanol–water partition coefficient (Wildman–Crippen LogP) is 6.83. The van der Waals surface area contributed by atoms with Gasteiger partial charge in [0.1, 0.15) is 15.1 Å². The first-order chi connectivity index (χ1) is 15.4. The van der Waals surface area contributed by atoms with Crippen molar-refractivity contribution in [2.75, 3.05) is 5.32 Å². The molecule has 5 rings (SSSR count). The molecule has 0 unspecified atom stereocenters. The number of anilines is 1. The third-order valence-corrected chi connectivity index (χ3v) is 6.68. The number of nitro groups is 1. The third kappa shape index (κ3) is 3.49. The van der Waals surface area contributed by atoms with E-state index in [4.69, 9.17) is 16.0 Å². The van der Waals surface area contributed by atoms with Gasteiger partial charge >= 0.3 is 0 Å². The van der Waals surface area contributed by atoms with Gasteiger partial charge in [0, 0.05) is 22.7 Å². The van der Waals surface area contributed by atoms with Crippen LogP contribution < -0.4 is 5.32 Å². The summed E-state index contributed by atoms with van der Waals surface area (Å²) in [5, 5.41) is 14.8. The number of nitrogens with zero attached hydrogens (tertiary/aromatic N) is 2. The molecule has 32 heavy (non-hydrogen) atoms. The maximum atomic E-state index is 12.9. The van der Waals surface area contributed by atoms with Crippen LogP contribution in [0.15, 0.2) is 65.1 Å². The lowest BCUT2D eigenvalue weighted by atomic mass is 10.2. The van der Waals surface area contributed by atoms with Crippen molar-refractivity contribution in [2.45, 2.75) is 6.92 Å². The number of nitrogens with one attached hydrogen (secondary N) is 1. The third-order valence-electron chi connectivity index (χ3n) is 4.95. The summed E-state index contributed by atoms with van der Waals surface area (Å²) < 4.78 is 6.21. The Morgan fingerprint density at radius 2 is 1.97 bits per heavy atom. The molecular formula is C23H14ClN3O4S. The number of hydrogen-bond donors (Lipinski definition) is 1. The molecule has 5 aromatic rings. The second-order valence-corrected chi connectivity index (χ2v) is 8.58. The lowest BCUT2D eigenvalue weighted by molar-refractivity contribution is -0.382. The van der Waals surface area contributed by atoms with Crippen LogP contribution in [0.4, 0.5) is 11.4 Å². The van der Waals surface area contributed by atoms with Crippen molar-refractivity contribution in [1.29, 1.82) is 0 Å². The van der Waals surface area contributed by atoms with Gasteiger partial charge in [-0.25, -0.2) is 4.98 Å². The van der Waals surface area contributed by atoms with Crippen molar-refractivity contribution >= 4 is 61.4 Å². The molecule has 2 heterocycles. The fourth-order valence-corrected chi connectivity index (χ4v) is 4.93. The zero-order valence-electron chi connectivity index (χ0n) is 16.6. The number of hydrogen-bond acceptors (Lipinski definition) is 6. The van der Waals surface area contributed by atoms with Crippen molar-refractivity contribution in [1.82, 2.24) is 4.98 Å². The summed E-state index contributed by atoms with van der Waals surface area (Å²) in [5.41, 5.74) is 3.66. The predicted molar refractivity (Wildman–Crippen MR) is 126 cm³/mol. The normalized spacial score (nSPS) is 11.2. The summed E-state index contributed by atoms with van der Waals surface area (Å²) in [7, 11) is 0. The standard InChI is InChI=1S/C23H14ClN3O4S/c1-12-8-9-18-16(10-12)26-23(31-18)13-4-2-5-14(11-13)25-22(28)21-19(24)15-6-3-7-17(27(29)30)20(15)32-21/h2-11H,1H3,(H,25,28).